The third kappa shape index (κ3) is 4.83. The van der Waals surface area contributed by atoms with Crippen molar-refractivity contribution in [3.63, 3.8) is 0 Å². The number of carbonyl (C=O) groups excluding carboxylic acids is 3. The summed E-state index contributed by atoms with van der Waals surface area (Å²) in [5, 5.41) is 0. The maximum absolute atomic E-state index is 12.6. The summed E-state index contributed by atoms with van der Waals surface area (Å²) in [6.45, 7) is 0.602. The lowest BCUT2D eigenvalue weighted by molar-refractivity contribution is -0.161. The number of hydrogen-bond acceptors (Lipinski definition) is 3. The molecule has 8 heteroatoms. The highest BCUT2D eigenvalue weighted by Crippen LogP contribution is 2.23. The second kappa shape index (κ2) is 8.33. The van der Waals surface area contributed by atoms with Crippen LogP contribution in [0.2, 0.25) is 0 Å². The summed E-state index contributed by atoms with van der Waals surface area (Å²) in [6, 6.07) is 6.41. The zero-order chi connectivity index (χ0) is 19.3. The molecule has 1 aliphatic heterocycles. The zero-order valence-corrected chi connectivity index (χ0v) is 14.5. The monoisotopic (exact) mass is 370 g/mol. The Hall–Kier alpha value is -2.38. The summed E-state index contributed by atoms with van der Waals surface area (Å²) in [6.07, 6.45) is -3.30. The van der Waals surface area contributed by atoms with Crippen molar-refractivity contribution in [3.05, 3.63) is 35.4 Å². The van der Waals surface area contributed by atoms with Crippen LogP contribution in [0.15, 0.2) is 24.3 Å². The average molecular weight is 370 g/mol. The van der Waals surface area contributed by atoms with Crippen molar-refractivity contribution in [1.82, 2.24) is 9.80 Å². The van der Waals surface area contributed by atoms with Crippen LogP contribution < -0.4 is 0 Å². The van der Waals surface area contributed by atoms with E-state index in [1.165, 1.54) is 0 Å². The molecule has 3 amide bonds. The summed E-state index contributed by atoms with van der Waals surface area (Å²) >= 11 is 0. The van der Waals surface area contributed by atoms with Crippen molar-refractivity contribution >= 4 is 17.7 Å². The fourth-order valence-electron chi connectivity index (χ4n) is 2.85. The minimum Gasteiger partial charge on any atom is -0.334 e. The van der Waals surface area contributed by atoms with Gasteiger partial charge in [0.15, 0.2) is 0 Å². The number of halogens is 3. The lowest BCUT2D eigenvalue weighted by Crippen LogP contribution is -2.40. The maximum atomic E-state index is 12.6. The zero-order valence-electron chi connectivity index (χ0n) is 14.5. The van der Waals surface area contributed by atoms with E-state index in [9.17, 15) is 27.6 Å². The van der Waals surface area contributed by atoms with E-state index in [4.69, 9.17) is 0 Å². The highest BCUT2D eigenvalue weighted by molar-refractivity contribution is 6.21. The van der Waals surface area contributed by atoms with Gasteiger partial charge in [0, 0.05) is 19.5 Å². The van der Waals surface area contributed by atoms with Crippen LogP contribution in [0.25, 0.3) is 0 Å². The van der Waals surface area contributed by atoms with E-state index in [2.05, 4.69) is 0 Å². The molecule has 0 aliphatic carbocycles. The van der Waals surface area contributed by atoms with E-state index in [-0.39, 0.29) is 25.9 Å². The molecule has 1 aliphatic rings. The van der Waals surface area contributed by atoms with Crippen LogP contribution in [0.4, 0.5) is 13.2 Å². The predicted molar refractivity (Wildman–Crippen MR) is 88.6 cm³/mol. The Balaban J connectivity index is 1.91. The number of benzene rings is 1. The van der Waals surface area contributed by atoms with Crippen LogP contribution in [-0.2, 0) is 4.79 Å². The van der Waals surface area contributed by atoms with Crippen molar-refractivity contribution in [3.8, 4) is 0 Å². The van der Waals surface area contributed by atoms with Gasteiger partial charge >= 0.3 is 6.18 Å². The number of carbonyl (C=O) groups is 3. The fourth-order valence-corrected chi connectivity index (χ4v) is 2.85. The maximum Gasteiger partial charge on any atom is 0.406 e. The van der Waals surface area contributed by atoms with Crippen LogP contribution in [0.5, 0.6) is 0 Å². The number of fused-ring (bicyclic) bond motifs is 1. The molecule has 0 saturated heterocycles. The molecule has 0 unspecified atom stereocenters. The molecule has 142 valence electrons. The predicted octanol–water partition coefficient (Wildman–Crippen LogP) is 3.25. The van der Waals surface area contributed by atoms with Gasteiger partial charge in [0.1, 0.15) is 6.54 Å². The van der Waals surface area contributed by atoms with Gasteiger partial charge in [-0.15, -0.1) is 0 Å². The van der Waals surface area contributed by atoms with Gasteiger partial charge < -0.3 is 4.90 Å². The summed E-state index contributed by atoms with van der Waals surface area (Å²) in [5.74, 6) is -1.49. The molecule has 26 heavy (non-hydrogen) atoms. The molecule has 0 spiro atoms. The molecule has 0 atom stereocenters. The second-order valence-corrected chi connectivity index (χ2v) is 6.20. The van der Waals surface area contributed by atoms with E-state index in [1.54, 1.807) is 24.3 Å². The minimum atomic E-state index is -4.45. The molecule has 1 aromatic rings. The number of hydrogen-bond donors (Lipinski definition) is 0. The number of alkyl halides is 3. The number of imide groups is 1. The van der Waals surface area contributed by atoms with Gasteiger partial charge in [-0.05, 0) is 25.0 Å². The molecule has 0 N–H and O–H groups in total. The van der Waals surface area contributed by atoms with Crippen molar-refractivity contribution in [2.75, 3.05) is 19.6 Å². The van der Waals surface area contributed by atoms with Crippen LogP contribution >= 0.6 is 0 Å². The summed E-state index contributed by atoms with van der Waals surface area (Å²) in [5.41, 5.74) is 0.621. The van der Waals surface area contributed by atoms with E-state index >= 15 is 0 Å². The van der Waals surface area contributed by atoms with Gasteiger partial charge in [0.05, 0.1) is 11.1 Å². The molecule has 0 radical (unpaired) electrons. The molecule has 0 aromatic heterocycles. The quantitative estimate of drug-likeness (QED) is 0.660. The van der Waals surface area contributed by atoms with E-state index < -0.39 is 30.4 Å². The number of rotatable bonds is 8. The fraction of sp³-hybridized carbons (Fsp3) is 0.500. The summed E-state index contributed by atoms with van der Waals surface area (Å²) in [4.78, 5) is 38.4. The third-order valence-corrected chi connectivity index (χ3v) is 4.15. The topological polar surface area (TPSA) is 57.7 Å². The van der Waals surface area contributed by atoms with Crippen molar-refractivity contribution < 1.29 is 27.6 Å². The van der Waals surface area contributed by atoms with E-state index in [0.717, 1.165) is 9.80 Å². The standard InChI is InChI=1S/C18H21F3N2O3/c1-2-3-10-22(12-18(19,20)21)15(24)9-6-11-23-16(25)13-7-4-5-8-14(13)17(23)26/h4-5,7-8H,2-3,6,9-12H2,1H3. The normalized spacial score (nSPS) is 13.9. The van der Waals surface area contributed by atoms with Crippen molar-refractivity contribution in [1.29, 1.82) is 0 Å². The molecular formula is C18H21F3N2O3. The first-order valence-electron chi connectivity index (χ1n) is 8.54. The molecular weight excluding hydrogens is 349 g/mol. The highest BCUT2D eigenvalue weighted by atomic mass is 19.4. The van der Waals surface area contributed by atoms with Crippen LogP contribution in [0, 0.1) is 0 Å². The Bertz CT molecular complexity index is 654. The molecule has 2 rings (SSSR count). The summed E-state index contributed by atoms with van der Waals surface area (Å²) in [7, 11) is 0. The first-order chi connectivity index (χ1) is 12.2. The first-order valence-corrected chi connectivity index (χ1v) is 8.54. The molecule has 5 nitrogen and oxygen atoms in total. The molecule has 1 aromatic carbocycles. The minimum absolute atomic E-state index is 0.00568. The van der Waals surface area contributed by atoms with E-state index in [0.29, 0.717) is 24.0 Å². The Labute approximate surface area is 149 Å². The number of unbranched alkanes of at least 4 members (excludes halogenated alkanes) is 1. The Kier molecular flexibility index (Phi) is 6.39. The Morgan fingerprint density at radius 2 is 1.65 bits per heavy atom. The number of amides is 3. The smallest absolute Gasteiger partial charge is 0.334 e. The molecule has 1 heterocycles. The molecule has 0 saturated carbocycles. The Morgan fingerprint density at radius 3 is 2.15 bits per heavy atom. The second-order valence-electron chi connectivity index (χ2n) is 6.20. The van der Waals surface area contributed by atoms with Gasteiger partial charge in [0.25, 0.3) is 11.8 Å². The van der Waals surface area contributed by atoms with Gasteiger partial charge in [-0.1, -0.05) is 25.5 Å². The first kappa shape index (κ1) is 19.9. The lowest BCUT2D eigenvalue weighted by Gasteiger charge is -2.24. The van der Waals surface area contributed by atoms with Crippen LogP contribution in [0.3, 0.4) is 0 Å². The highest BCUT2D eigenvalue weighted by Gasteiger charge is 2.35. The summed E-state index contributed by atoms with van der Waals surface area (Å²) < 4.78 is 37.9. The van der Waals surface area contributed by atoms with Gasteiger partial charge in [-0.2, -0.15) is 13.2 Å². The molecule has 0 bridgehead atoms. The van der Waals surface area contributed by atoms with Crippen molar-refractivity contribution in [2.24, 2.45) is 0 Å². The van der Waals surface area contributed by atoms with Crippen molar-refractivity contribution in [2.45, 2.75) is 38.8 Å². The third-order valence-electron chi connectivity index (χ3n) is 4.15. The van der Waals surface area contributed by atoms with Crippen LogP contribution in [-0.4, -0.2) is 53.3 Å². The van der Waals surface area contributed by atoms with Gasteiger partial charge in [0.2, 0.25) is 5.91 Å². The average Bonchev–Trinajstić information content (AvgIpc) is 2.82. The van der Waals surface area contributed by atoms with E-state index in [1.807, 2.05) is 6.92 Å². The Morgan fingerprint density at radius 1 is 1.08 bits per heavy atom. The van der Waals surface area contributed by atoms with Gasteiger partial charge in [-0.25, -0.2) is 0 Å². The SMILES string of the molecule is CCCCN(CC(F)(F)F)C(=O)CCCN1C(=O)c2ccccc2C1=O. The lowest BCUT2D eigenvalue weighted by atomic mass is 10.1. The largest absolute Gasteiger partial charge is 0.406 e. The molecule has 0 fully saturated rings. The number of nitrogens with zero attached hydrogens (tertiary/aromatic N) is 2. The van der Waals surface area contributed by atoms with Gasteiger partial charge in [-0.3, -0.25) is 19.3 Å². The van der Waals surface area contributed by atoms with Crippen LogP contribution in [0.1, 0.15) is 53.3 Å².